The fourth-order valence-electron chi connectivity index (χ4n) is 5.24. The van der Waals surface area contributed by atoms with E-state index in [1.165, 1.54) is 64.4 Å². The van der Waals surface area contributed by atoms with E-state index < -0.39 is 32.9 Å². The minimum absolute atomic E-state index is 0.0589. The number of carbonyl (C=O) groups excluding carboxylic acids is 2. The monoisotopic (exact) mass is 602 g/mol. The molecule has 0 unspecified atom stereocenters. The third-order valence-corrected chi connectivity index (χ3v) is 8.53. The van der Waals surface area contributed by atoms with Gasteiger partial charge >= 0.3 is 0 Å². The summed E-state index contributed by atoms with van der Waals surface area (Å²) in [6, 6.07) is 23.7. The van der Waals surface area contributed by atoms with Gasteiger partial charge in [0.2, 0.25) is 0 Å². The zero-order valence-electron chi connectivity index (χ0n) is 23.3. The minimum atomic E-state index is -3.49. The lowest BCUT2D eigenvalue weighted by Crippen LogP contribution is -2.45. The lowest BCUT2D eigenvalue weighted by atomic mass is 9.82. The molecular formula is C32H28F2N4O4S. The van der Waals surface area contributed by atoms with E-state index in [1.54, 1.807) is 49.5 Å². The molecule has 1 heterocycles. The number of rotatable bonds is 8. The van der Waals surface area contributed by atoms with Crippen molar-refractivity contribution in [1.82, 2.24) is 15.1 Å². The molecule has 0 aromatic heterocycles. The van der Waals surface area contributed by atoms with Gasteiger partial charge in [0.05, 0.1) is 11.4 Å². The molecule has 0 bridgehead atoms. The van der Waals surface area contributed by atoms with Gasteiger partial charge in [0.25, 0.3) is 11.8 Å². The highest BCUT2D eigenvalue weighted by atomic mass is 32.2. The second-order valence-electron chi connectivity index (χ2n) is 10.4. The van der Waals surface area contributed by atoms with Crippen LogP contribution in [0.25, 0.3) is 0 Å². The maximum absolute atomic E-state index is 14.1. The third kappa shape index (κ3) is 5.76. The fourth-order valence-corrected chi connectivity index (χ4v) is 6.17. The summed E-state index contributed by atoms with van der Waals surface area (Å²) >= 11 is 0. The van der Waals surface area contributed by atoms with Crippen LogP contribution >= 0.6 is 0 Å². The summed E-state index contributed by atoms with van der Waals surface area (Å²) in [7, 11) is -1.93. The van der Waals surface area contributed by atoms with E-state index in [-0.39, 0.29) is 29.9 Å². The van der Waals surface area contributed by atoms with E-state index in [0.29, 0.717) is 27.8 Å². The summed E-state index contributed by atoms with van der Waals surface area (Å²) in [5.74, 6) is -2.10. The smallest absolute Gasteiger partial charge is 0.264 e. The first-order chi connectivity index (χ1) is 20.4. The Kier molecular flexibility index (Phi) is 7.85. The molecule has 0 spiro atoms. The zero-order chi connectivity index (χ0) is 30.9. The average Bonchev–Trinajstić information content (AvgIpc) is 3.23. The molecule has 0 radical (unpaired) electrons. The number of benzene rings is 4. The molecule has 5 rings (SSSR count). The highest BCUT2D eigenvalue weighted by molar-refractivity contribution is 7.90. The van der Waals surface area contributed by atoms with Crippen molar-refractivity contribution in [3.8, 4) is 0 Å². The van der Waals surface area contributed by atoms with Gasteiger partial charge in [0.15, 0.2) is 21.3 Å². The Morgan fingerprint density at radius 1 is 0.907 bits per heavy atom. The summed E-state index contributed by atoms with van der Waals surface area (Å²) in [5, 5.41) is 11.6. The Morgan fingerprint density at radius 2 is 1.49 bits per heavy atom. The van der Waals surface area contributed by atoms with Crippen LogP contribution in [0.3, 0.4) is 0 Å². The Hall–Kier alpha value is -4.90. The lowest BCUT2D eigenvalue weighted by molar-refractivity contribution is -0.130. The number of hydrogen-bond acceptors (Lipinski definition) is 5. The van der Waals surface area contributed by atoms with E-state index in [0.717, 1.165) is 6.26 Å². The van der Waals surface area contributed by atoms with Crippen LogP contribution in [0.2, 0.25) is 0 Å². The molecule has 11 heteroatoms. The molecule has 0 saturated carbocycles. The molecular weight excluding hydrogens is 574 g/mol. The molecule has 43 heavy (non-hydrogen) atoms. The molecule has 4 aromatic rings. The quantitative estimate of drug-likeness (QED) is 0.310. The molecule has 0 atom stereocenters. The minimum Gasteiger partial charge on any atom is -0.337 e. The van der Waals surface area contributed by atoms with Gasteiger partial charge in [-0.1, -0.05) is 54.6 Å². The maximum atomic E-state index is 14.1. The average molecular weight is 603 g/mol. The van der Waals surface area contributed by atoms with Gasteiger partial charge in [-0.2, -0.15) is 0 Å². The molecule has 2 N–H and O–H groups in total. The number of nitrogens with zero attached hydrogens (tertiary/aromatic N) is 2. The number of amides is 2. The number of hydrogen-bond donors (Lipinski definition) is 2. The summed E-state index contributed by atoms with van der Waals surface area (Å²) in [4.78, 5) is 30.2. The van der Waals surface area contributed by atoms with E-state index in [1.807, 2.05) is 0 Å². The fraction of sp³-hybridized carbons (Fsp3) is 0.156. The van der Waals surface area contributed by atoms with E-state index in [9.17, 15) is 26.8 Å². The van der Waals surface area contributed by atoms with Gasteiger partial charge in [-0.3, -0.25) is 19.9 Å². The predicted molar refractivity (Wildman–Crippen MR) is 157 cm³/mol. The molecule has 4 aromatic carbocycles. The number of sulfone groups is 1. The lowest BCUT2D eigenvalue weighted by Gasteiger charge is -2.28. The van der Waals surface area contributed by atoms with Crippen molar-refractivity contribution in [1.29, 1.82) is 5.41 Å². The number of carbonyl (C=O) groups is 2. The molecule has 1 saturated heterocycles. The predicted octanol–water partition coefficient (Wildman–Crippen LogP) is 4.45. The molecule has 1 aliphatic heterocycles. The first kappa shape index (κ1) is 29.6. The maximum Gasteiger partial charge on any atom is 0.264 e. The number of nitrogens with one attached hydrogen (secondary N) is 2. The number of halogens is 2. The van der Waals surface area contributed by atoms with Crippen molar-refractivity contribution >= 4 is 27.6 Å². The van der Waals surface area contributed by atoms with Crippen LogP contribution in [0.4, 0.5) is 8.78 Å². The topological polar surface area (TPSA) is 111 Å². The van der Waals surface area contributed by atoms with E-state index in [2.05, 4.69) is 5.32 Å². The van der Waals surface area contributed by atoms with Crippen LogP contribution in [0.5, 0.6) is 0 Å². The van der Waals surface area contributed by atoms with Crippen LogP contribution in [0.15, 0.2) is 102 Å². The van der Waals surface area contributed by atoms with Gasteiger partial charge in [-0.25, -0.2) is 17.2 Å². The van der Waals surface area contributed by atoms with Crippen molar-refractivity contribution in [2.75, 3.05) is 13.3 Å². The van der Waals surface area contributed by atoms with E-state index >= 15 is 0 Å². The molecule has 2 amide bonds. The van der Waals surface area contributed by atoms with Crippen molar-refractivity contribution in [2.45, 2.75) is 23.5 Å². The Bertz CT molecular complexity index is 1780. The van der Waals surface area contributed by atoms with Crippen LogP contribution in [0.1, 0.15) is 32.6 Å². The highest BCUT2D eigenvalue weighted by Crippen LogP contribution is 2.37. The molecule has 8 nitrogen and oxygen atoms in total. The zero-order valence-corrected chi connectivity index (χ0v) is 24.2. The molecule has 1 fully saturated rings. The normalized spacial score (nSPS) is 14.5. The summed E-state index contributed by atoms with van der Waals surface area (Å²) in [6.07, 6.45) is 1.12. The molecule has 0 aliphatic carbocycles. The van der Waals surface area contributed by atoms with Crippen molar-refractivity contribution in [3.63, 3.8) is 0 Å². The number of guanidine groups is 1. The van der Waals surface area contributed by atoms with Gasteiger partial charge in [0, 0.05) is 25.4 Å². The Balaban J connectivity index is 1.41. The summed E-state index contributed by atoms with van der Waals surface area (Å²) in [5.41, 5.74) is 0.502. The van der Waals surface area contributed by atoms with Crippen LogP contribution < -0.4 is 5.32 Å². The van der Waals surface area contributed by atoms with Gasteiger partial charge in [-0.15, -0.1) is 0 Å². The second-order valence-corrected chi connectivity index (χ2v) is 12.4. The largest absolute Gasteiger partial charge is 0.337 e. The summed E-state index contributed by atoms with van der Waals surface area (Å²) < 4.78 is 52.0. The van der Waals surface area contributed by atoms with Crippen molar-refractivity contribution in [3.05, 3.63) is 137 Å². The molecule has 1 aliphatic rings. The first-order valence-electron chi connectivity index (χ1n) is 13.2. The van der Waals surface area contributed by atoms with Gasteiger partial charge < -0.3 is 10.2 Å². The standard InChI is InChI=1S/C32H28F2N4O4S/c1-37(20-23-7-3-4-9-28(23)43(2,41)42)29(39)22-8-5-6-21(18-22)19-38-30(40)32(36-31(38)35,24-10-14-26(33)15-11-24)25-12-16-27(34)17-13-25/h3-18H,19-20H2,1-2H3,(H2,35,36). The Morgan fingerprint density at radius 3 is 2.07 bits per heavy atom. The van der Waals surface area contributed by atoms with Crippen molar-refractivity contribution < 1.29 is 26.8 Å². The van der Waals surface area contributed by atoms with E-state index in [4.69, 9.17) is 5.41 Å². The highest BCUT2D eigenvalue weighted by Gasteiger charge is 2.52. The van der Waals surface area contributed by atoms with Crippen molar-refractivity contribution in [2.24, 2.45) is 0 Å². The van der Waals surface area contributed by atoms with Gasteiger partial charge in [-0.05, 0) is 64.7 Å². The third-order valence-electron chi connectivity index (χ3n) is 7.34. The Labute approximate surface area is 248 Å². The van der Waals surface area contributed by atoms with Crippen LogP contribution in [-0.2, 0) is 33.3 Å². The molecule has 220 valence electrons. The first-order valence-corrected chi connectivity index (χ1v) is 15.1. The van der Waals surface area contributed by atoms with Gasteiger partial charge in [0.1, 0.15) is 11.6 Å². The summed E-state index contributed by atoms with van der Waals surface area (Å²) in [6.45, 7) is -0.000106. The SMILES string of the molecule is CN(Cc1ccccc1S(C)(=O)=O)C(=O)c1cccc(CN2C(=N)NC(c3ccc(F)cc3)(c3ccc(F)cc3)C2=O)c1. The van der Waals surface area contributed by atoms with Crippen LogP contribution in [0, 0.1) is 17.0 Å². The second kappa shape index (κ2) is 11.4. The van der Waals surface area contributed by atoms with Crippen LogP contribution in [-0.4, -0.2) is 49.3 Å².